The molecule has 0 aromatic rings. The Bertz CT molecular complexity index is 319. The second-order valence-corrected chi connectivity index (χ2v) is 7.04. The third-order valence-electron chi connectivity index (χ3n) is 5.67. The minimum absolute atomic E-state index is 0.440. The van der Waals surface area contributed by atoms with Crippen LogP contribution in [0.25, 0.3) is 0 Å². The number of piperidine rings is 1. The van der Waals surface area contributed by atoms with Crippen LogP contribution < -0.4 is 5.32 Å². The highest BCUT2D eigenvalue weighted by atomic mass is 16.2. The lowest BCUT2D eigenvalue weighted by molar-refractivity contribution is -0.135. The minimum atomic E-state index is 0.440. The van der Waals surface area contributed by atoms with Crippen molar-refractivity contribution in [1.29, 1.82) is 0 Å². The normalized spacial score (nSPS) is 31.9. The van der Waals surface area contributed by atoms with Crippen LogP contribution in [0.5, 0.6) is 0 Å². The molecule has 3 rings (SSSR count). The Balaban J connectivity index is 1.52. The summed E-state index contributed by atoms with van der Waals surface area (Å²) in [6.07, 6.45) is 13.7. The number of nitrogens with zero attached hydrogens (tertiary/aromatic N) is 1. The quantitative estimate of drug-likeness (QED) is 0.857. The van der Waals surface area contributed by atoms with E-state index in [-0.39, 0.29) is 0 Å². The summed E-state index contributed by atoms with van der Waals surface area (Å²) in [5, 5.41) is 3.61. The molecule has 1 N–H and O–H groups in total. The molecule has 3 nitrogen and oxygen atoms in total. The van der Waals surface area contributed by atoms with Crippen LogP contribution in [-0.4, -0.2) is 36.0 Å². The first-order chi connectivity index (χ1) is 9.84. The van der Waals surface area contributed by atoms with Gasteiger partial charge in [-0.3, -0.25) is 4.79 Å². The molecule has 20 heavy (non-hydrogen) atoms. The molecule has 0 bridgehead atoms. The van der Waals surface area contributed by atoms with Gasteiger partial charge in [0.2, 0.25) is 5.91 Å². The fourth-order valence-electron chi connectivity index (χ4n) is 4.50. The second-order valence-electron chi connectivity index (χ2n) is 7.04. The Morgan fingerprint density at radius 1 is 1.00 bits per heavy atom. The Hall–Kier alpha value is -0.570. The molecule has 0 radical (unpaired) electrons. The average Bonchev–Trinajstić information content (AvgIpc) is 3.18. The van der Waals surface area contributed by atoms with E-state index in [9.17, 15) is 4.79 Å². The Kier molecular flexibility index (Phi) is 4.98. The third-order valence-corrected chi connectivity index (χ3v) is 5.67. The zero-order chi connectivity index (χ0) is 13.8. The van der Waals surface area contributed by atoms with Crippen molar-refractivity contribution in [1.82, 2.24) is 10.2 Å². The van der Waals surface area contributed by atoms with Crippen molar-refractivity contribution in [3.05, 3.63) is 0 Å². The number of hydrogen-bond acceptors (Lipinski definition) is 2. The van der Waals surface area contributed by atoms with Gasteiger partial charge in [-0.2, -0.15) is 0 Å². The SMILES string of the molecule is O=C(CCC1CCCC1)N1CCCCC1C1CCCN1. The first-order valence-electron chi connectivity index (χ1n) is 8.87. The molecular formula is C17H30N2O. The van der Waals surface area contributed by atoms with Crippen molar-refractivity contribution in [2.45, 2.75) is 82.7 Å². The second kappa shape index (κ2) is 6.93. The summed E-state index contributed by atoms with van der Waals surface area (Å²) in [6, 6.07) is 1.06. The Morgan fingerprint density at radius 2 is 1.80 bits per heavy atom. The fourth-order valence-corrected chi connectivity index (χ4v) is 4.50. The number of rotatable bonds is 4. The topological polar surface area (TPSA) is 32.3 Å². The average molecular weight is 278 g/mol. The lowest BCUT2D eigenvalue weighted by Crippen LogP contribution is -2.52. The molecule has 1 amide bonds. The van der Waals surface area contributed by atoms with Crippen molar-refractivity contribution in [2.24, 2.45) is 5.92 Å². The van der Waals surface area contributed by atoms with Gasteiger partial charge in [0.25, 0.3) is 0 Å². The van der Waals surface area contributed by atoms with Crippen molar-refractivity contribution >= 4 is 5.91 Å². The zero-order valence-corrected chi connectivity index (χ0v) is 12.8. The van der Waals surface area contributed by atoms with Crippen LogP contribution in [0.3, 0.4) is 0 Å². The van der Waals surface area contributed by atoms with Gasteiger partial charge in [0.1, 0.15) is 0 Å². The molecule has 1 saturated carbocycles. The number of carbonyl (C=O) groups is 1. The van der Waals surface area contributed by atoms with E-state index in [1.54, 1.807) is 0 Å². The first-order valence-corrected chi connectivity index (χ1v) is 8.87. The number of carbonyl (C=O) groups excluding carboxylic acids is 1. The fraction of sp³-hybridized carbons (Fsp3) is 0.941. The minimum Gasteiger partial charge on any atom is -0.338 e. The maximum atomic E-state index is 12.6. The number of nitrogens with one attached hydrogen (secondary N) is 1. The van der Waals surface area contributed by atoms with Gasteiger partial charge in [0.05, 0.1) is 0 Å². The van der Waals surface area contributed by atoms with E-state index in [4.69, 9.17) is 0 Å². The van der Waals surface area contributed by atoms with Gasteiger partial charge in [0, 0.05) is 25.0 Å². The predicted octanol–water partition coefficient (Wildman–Crippen LogP) is 3.09. The molecule has 3 aliphatic rings. The maximum absolute atomic E-state index is 12.6. The van der Waals surface area contributed by atoms with E-state index in [1.807, 2.05) is 0 Å². The van der Waals surface area contributed by atoms with Crippen LogP contribution in [0, 0.1) is 5.92 Å². The van der Waals surface area contributed by atoms with Crippen LogP contribution in [0.2, 0.25) is 0 Å². The van der Waals surface area contributed by atoms with E-state index in [2.05, 4.69) is 10.2 Å². The molecule has 3 heteroatoms. The molecule has 2 heterocycles. The maximum Gasteiger partial charge on any atom is 0.222 e. The van der Waals surface area contributed by atoms with Crippen molar-refractivity contribution < 1.29 is 4.79 Å². The van der Waals surface area contributed by atoms with Crippen LogP contribution in [0.15, 0.2) is 0 Å². The smallest absolute Gasteiger partial charge is 0.222 e. The van der Waals surface area contributed by atoms with Gasteiger partial charge < -0.3 is 10.2 Å². The Morgan fingerprint density at radius 3 is 2.55 bits per heavy atom. The molecule has 0 aromatic heterocycles. The van der Waals surface area contributed by atoms with E-state index >= 15 is 0 Å². The molecule has 2 aliphatic heterocycles. The van der Waals surface area contributed by atoms with Crippen molar-refractivity contribution in [3.8, 4) is 0 Å². The van der Waals surface area contributed by atoms with E-state index < -0.39 is 0 Å². The van der Waals surface area contributed by atoms with Crippen LogP contribution >= 0.6 is 0 Å². The third kappa shape index (κ3) is 3.36. The molecular weight excluding hydrogens is 248 g/mol. The van der Waals surface area contributed by atoms with Gasteiger partial charge in [-0.05, 0) is 51.0 Å². The monoisotopic (exact) mass is 278 g/mol. The summed E-state index contributed by atoms with van der Waals surface area (Å²) in [7, 11) is 0. The molecule has 114 valence electrons. The largest absolute Gasteiger partial charge is 0.338 e. The summed E-state index contributed by atoms with van der Waals surface area (Å²) in [4.78, 5) is 14.9. The lowest BCUT2D eigenvalue weighted by Gasteiger charge is -2.39. The summed E-state index contributed by atoms with van der Waals surface area (Å²) in [5.74, 6) is 1.28. The first kappa shape index (κ1) is 14.4. The lowest BCUT2D eigenvalue weighted by atomic mass is 9.93. The Labute approximate surface area is 123 Å². The zero-order valence-electron chi connectivity index (χ0n) is 12.8. The molecule has 0 spiro atoms. The molecule has 2 atom stereocenters. The predicted molar refractivity (Wildman–Crippen MR) is 81.6 cm³/mol. The summed E-state index contributed by atoms with van der Waals surface area (Å²) in [5.41, 5.74) is 0. The summed E-state index contributed by atoms with van der Waals surface area (Å²) >= 11 is 0. The molecule has 2 saturated heterocycles. The van der Waals surface area contributed by atoms with Gasteiger partial charge >= 0.3 is 0 Å². The highest BCUT2D eigenvalue weighted by Crippen LogP contribution is 2.30. The van der Waals surface area contributed by atoms with Crippen molar-refractivity contribution in [2.75, 3.05) is 13.1 Å². The van der Waals surface area contributed by atoms with Gasteiger partial charge in [0.15, 0.2) is 0 Å². The summed E-state index contributed by atoms with van der Waals surface area (Å²) < 4.78 is 0. The molecule has 3 fully saturated rings. The summed E-state index contributed by atoms with van der Waals surface area (Å²) in [6.45, 7) is 2.15. The van der Waals surface area contributed by atoms with Crippen LogP contribution in [-0.2, 0) is 4.79 Å². The molecule has 1 aliphatic carbocycles. The number of likely N-dealkylation sites (tertiary alicyclic amines) is 1. The van der Waals surface area contributed by atoms with E-state index in [0.29, 0.717) is 18.0 Å². The standard InChI is InChI=1S/C17H30N2O/c20-17(11-10-14-6-1-2-7-14)19-13-4-3-9-16(19)15-8-5-12-18-15/h14-16,18H,1-13H2. The van der Waals surface area contributed by atoms with Crippen LogP contribution in [0.4, 0.5) is 0 Å². The highest BCUT2D eigenvalue weighted by molar-refractivity contribution is 5.76. The van der Waals surface area contributed by atoms with Gasteiger partial charge in [-0.1, -0.05) is 25.7 Å². The number of amides is 1. The molecule has 0 aromatic carbocycles. The van der Waals surface area contributed by atoms with Gasteiger partial charge in [-0.25, -0.2) is 0 Å². The van der Waals surface area contributed by atoms with Gasteiger partial charge in [-0.15, -0.1) is 0 Å². The van der Waals surface area contributed by atoms with E-state index in [0.717, 1.165) is 31.8 Å². The van der Waals surface area contributed by atoms with Crippen LogP contribution in [0.1, 0.15) is 70.6 Å². The highest BCUT2D eigenvalue weighted by Gasteiger charge is 2.34. The number of hydrogen-bond donors (Lipinski definition) is 1. The van der Waals surface area contributed by atoms with E-state index in [1.165, 1.54) is 57.8 Å². The molecule has 2 unspecified atom stereocenters. The van der Waals surface area contributed by atoms with Crippen molar-refractivity contribution in [3.63, 3.8) is 0 Å².